The van der Waals surface area contributed by atoms with Crippen LogP contribution in [0, 0.1) is 11.3 Å². The fourth-order valence-corrected chi connectivity index (χ4v) is 4.38. The summed E-state index contributed by atoms with van der Waals surface area (Å²) in [6, 6.07) is 20.7. The van der Waals surface area contributed by atoms with Gasteiger partial charge in [-0.25, -0.2) is 0 Å². The summed E-state index contributed by atoms with van der Waals surface area (Å²) in [4.78, 5) is 24.9. The molecule has 140 valence electrons. The number of thiophene rings is 1. The van der Waals surface area contributed by atoms with Crippen molar-refractivity contribution >= 4 is 39.9 Å². The van der Waals surface area contributed by atoms with Gasteiger partial charge in [-0.3, -0.25) is 9.59 Å². The highest BCUT2D eigenvalue weighted by Gasteiger charge is 2.16. The summed E-state index contributed by atoms with van der Waals surface area (Å²) in [5.74, 6) is 0.139. The molecule has 0 aliphatic heterocycles. The van der Waals surface area contributed by atoms with Crippen molar-refractivity contribution in [3.05, 3.63) is 77.4 Å². The second kappa shape index (κ2) is 9.22. The highest BCUT2D eigenvalue weighted by atomic mass is 32.2. The summed E-state index contributed by atoms with van der Waals surface area (Å²) in [6.07, 6.45) is 0. The molecule has 0 bridgehead atoms. The number of rotatable bonds is 7. The average Bonchev–Trinajstić information content (AvgIpc) is 3.13. The fraction of sp³-hybridized carbons (Fsp3) is 0.0952. The monoisotopic (exact) mass is 407 g/mol. The van der Waals surface area contributed by atoms with Crippen molar-refractivity contribution in [1.29, 1.82) is 5.26 Å². The smallest absolute Gasteiger partial charge is 0.251 e. The van der Waals surface area contributed by atoms with Crippen molar-refractivity contribution in [2.75, 3.05) is 11.1 Å². The predicted octanol–water partition coefficient (Wildman–Crippen LogP) is 4.26. The molecular formula is C21H17N3O2S2. The van der Waals surface area contributed by atoms with Crippen LogP contribution in [-0.2, 0) is 10.5 Å². The zero-order valence-electron chi connectivity index (χ0n) is 14.8. The second-order valence-corrected chi connectivity index (χ2v) is 7.97. The van der Waals surface area contributed by atoms with Gasteiger partial charge in [0.1, 0.15) is 5.00 Å². The molecule has 0 unspecified atom stereocenters. The third kappa shape index (κ3) is 5.00. The number of anilines is 1. The van der Waals surface area contributed by atoms with Crippen LogP contribution in [0.3, 0.4) is 0 Å². The van der Waals surface area contributed by atoms with Crippen molar-refractivity contribution in [2.24, 2.45) is 5.73 Å². The summed E-state index contributed by atoms with van der Waals surface area (Å²) in [5, 5.41) is 12.1. The first kappa shape index (κ1) is 19.7. The van der Waals surface area contributed by atoms with Crippen molar-refractivity contribution in [2.45, 2.75) is 5.75 Å². The summed E-state index contributed by atoms with van der Waals surface area (Å²) in [5.41, 5.74) is 8.40. The van der Waals surface area contributed by atoms with E-state index in [9.17, 15) is 9.59 Å². The molecule has 1 aromatic heterocycles. The number of benzene rings is 2. The number of carbonyl (C=O) groups is 2. The van der Waals surface area contributed by atoms with E-state index in [0.717, 1.165) is 16.0 Å². The van der Waals surface area contributed by atoms with Gasteiger partial charge in [-0.15, -0.1) is 23.1 Å². The van der Waals surface area contributed by atoms with Gasteiger partial charge >= 0.3 is 0 Å². The van der Waals surface area contributed by atoms with Crippen LogP contribution >= 0.6 is 23.1 Å². The average molecular weight is 408 g/mol. The molecule has 3 rings (SSSR count). The Kier molecular flexibility index (Phi) is 6.48. The van der Waals surface area contributed by atoms with Crippen LogP contribution < -0.4 is 11.1 Å². The summed E-state index contributed by atoms with van der Waals surface area (Å²) >= 11 is 2.79. The Balaban J connectivity index is 1.62. The minimum Gasteiger partial charge on any atom is -0.366 e. The zero-order chi connectivity index (χ0) is 19.9. The molecule has 5 nitrogen and oxygen atoms in total. The Labute approximate surface area is 171 Å². The lowest BCUT2D eigenvalue weighted by Gasteiger charge is -2.05. The van der Waals surface area contributed by atoms with Crippen molar-refractivity contribution < 1.29 is 9.59 Å². The number of hydrogen-bond acceptors (Lipinski definition) is 5. The minimum atomic E-state index is -0.570. The number of carbonyl (C=O) groups excluding carboxylic acids is 2. The van der Waals surface area contributed by atoms with Gasteiger partial charge in [-0.1, -0.05) is 42.5 Å². The van der Waals surface area contributed by atoms with E-state index in [-0.39, 0.29) is 11.7 Å². The van der Waals surface area contributed by atoms with Crippen LogP contribution in [0.2, 0.25) is 0 Å². The molecule has 7 heteroatoms. The van der Waals surface area contributed by atoms with E-state index in [1.54, 1.807) is 18.2 Å². The first-order valence-electron chi connectivity index (χ1n) is 8.42. The van der Waals surface area contributed by atoms with Crippen molar-refractivity contribution in [1.82, 2.24) is 0 Å². The highest BCUT2D eigenvalue weighted by molar-refractivity contribution is 7.99. The SMILES string of the molecule is N#Cc1ccc(CSCC(=O)Nc2sc(-c3ccccc3)cc2C(N)=O)cc1. The maximum absolute atomic E-state index is 12.3. The van der Waals surface area contributed by atoms with Crippen LogP contribution in [0.25, 0.3) is 10.4 Å². The summed E-state index contributed by atoms with van der Waals surface area (Å²) in [6.45, 7) is 0. The van der Waals surface area contributed by atoms with Gasteiger partial charge < -0.3 is 11.1 Å². The lowest BCUT2D eigenvalue weighted by atomic mass is 10.1. The first-order valence-corrected chi connectivity index (χ1v) is 10.4. The van der Waals surface area contributed by atoms with Crippen LogP contribution in [-0.4, -0.2) is 17.6 Å². The normalized spacial score (nSPS) is 10.2. The van der Waals surface area contributed by atoms with Gasteiger partial charge in [0.2, 0.25) is 5.91 Å². The van der Waals surface area contributed by atoms with Crippen LogP contribution in [0.4, 0.5) is 5.00 Å². The van der Waals surface area contributed by atoms with E-state index in [0.29, 0.717) is 21.9 Å². The van der Waals surface area contributed by atoms with Crippen LogP contribution in [0.5, 0.6) is 0 Å². The largest absolute Gasteiger partial charge is 0.366 e. The van der Waals surface area contributed by atoms with Gasteiger partial charge in [-0.2, -0.15) is 5.26 Å². The van der Waals surface area contributed by atoms with Gasteiger partial charge in [-0.05, 0) is 29.3 Å². The van der Waals surface area contributed by atoms with Crippen molar-refractivity contribution in [3.63, 3.8) is 0 Å². The molecular weight excluding hydrogens is 390 g/mol. The van der Waals surface area contributed by atoms with Gasteiger partial charge in [0, 0.05) is 10.6 Å². The van der Waals surface area contributed by atoms with Gasteiger partial charge in [0.05, 0.1) is 22.9 Å². The minimum absolute atomic E-state index is 0.192. The predicted molar refractivity (Wildman–Crippen MR) is 114 cm³/mol. The molecule has 1 heterocycles. The number of nitrogens with two attached hydrogens (primary N) is 1. The van der Waals surface area contributed by atoms with Gasteiger partial charge in [0.25, 0.3) is 5.91 Å². The molecule has 0 fully saturated rings. The fourth-order valence-electron chi connectivity index (χ4n) is 2.51. The Morgan fingerprint density at radius 1 is 1.11 bits per heavy atom. The molecule has 3 N–H and O–H groups in total. The van der Waals surface area contributed by atoms with E-state index in [4.69, 9.17) is 11.0 Å². The quantitative estimate of drug-likeness (QED) is 0.612. The molecule has 2 amide bonds. The van der Waals surface area contributed by atoms with Crippen LogP contribution in [0.1, 0.15) is 21.5 Å². The molecule has 0 atom stereocenters. The number of primary amides is 1. The zero-order valence-corrected chi connectivity index (χ0v) is 16.5. The molecule has 0 aliphatic carbocycles. The lowest BCUT2D eigenvalue weighted by Crippen LogP contribution is -2.17. The van der Waals surface area contributed by atoms with E-state index in [1.165, 1.54) is 23.1 Å². The standard InChI is InChI=1S/C21H17N3O2S2/c22-11-14-6-8-15(9-7-14)12-27-13-19(25)24-21-17(20(23)26)10-18(28-21)16-4-2-1-3-5-16/h1-10H,12-13H2,(H2,23,26)(H,24,25). The molecule has 0 radical (unpaired) electrons. The third-order valence-electron chi connectivity index (χ3n) is 3.89. The molecule has 0 saturated heterocycles. The van der Waals surface area contributed by atoms with Crippen LogP contribution in [0.15, 0.2) is 60.7 Å². The number of nitriles is 1. The van der Waals surface area contributed by atoms with E-state index < -0.39 is 5.91 Å². The number of hydrogen-bond donors (Lipinski definition) is 2. The molecule has 0 aliphatic rings. The Morgan fingerprint density at radius 2 is 1.82 bits per heavy atom. The topological polar surface area (TPSA) is 96.0 Å². The Bertz CT molecular complexity index is 1020. The maximum atomic E-state index is 12.3. The molecule has 2 aromatic carbocycles. The number of amides is 2. The molecule has 28 heavy (non-hydrogen) atoms. The molecule has 3 aromatic rings. The third-order valence-corrected chi connectivity index (χ3v) is 6.00. The number of nitrogens with zero attached hydrogens (tertiary/aromatic N) is 1. The first-order chi connectivity index (χ1) is 13.6. The van der Waals surface area contributed by atoms with E-state index >= 15 is 0 Å². The lowest BCUT2D eigenvalue weighted by molar-refractivity contribution is -0.113. The maximum Gasteiger partial charge on any atom is 0.251 e. The van der Waals surface area contributed by atoms with E-state index in [2.05, 4.69) is 11.4 Å². The summed E-state index contributed by atoms with van der Waals surface area (Å²) < 4.78 is 0. The van der Waals surface area contributed by atoms with E-state index in [1.807, 2.05) is 42.5 Å². The summed E-state index contributed by atoms with van der Waals surface area (Å²) in [7, 11) is 0. The Hall–Kier alpha value is -3.08. The molecule has 0 spiro atoms. The Morgan fingerprint density at radius 3 is 2.46 bits per heavy atom. The van der Waals surface area contributed by atoms with Gasteiger partial charge in [0.15, 0.2) is 0 Å². The molecule has 0 saturated carbocycles. The highest BCUT2D eigenvalue weighted by Crippen LogP contribution is 2.35. The number of thioether (sulfide) groups is 1. The number of nitrogens with one attached hydrogen (secondary N) is 1. The van der Waals surface area contributed by atoms with Crippen molar-refractivity contribution in [3.8, 4) is 16.5 Å². The second-order valence-electron chi connectivity index (χ2n) is 5.93.